The summed E-state index contributed by atoms with van der Waals surface area (Å²) in [4.78, 5) is 0. The van der Waals surface area contributed by atoms with Crippen LogP contribution >= 0.6 is 11.6 Å². The van der Waals surface area contributed by atoms with Gasteiger partial charge in [0.15, 0.2) is 22.5 Å². The SMILES string of the molecule is COc1cc(/C=N/Nc2ccc(Cl)nn2)ccc1O. The van der Waals surface area contributed by atoms with Gasteiger partial charge in [0, 0.05) is 0 Å². The van der Waals surface area contributed by atoms with E-state index in [0.717, 1.165) is 5.56 Å². The zero-order valence-corrected chi connectivity index (χ0v) is 10.8. The van der Waals surface area contributed by atoms with Crippen molar-refractivity contribution >= 4 is 23.6 Å². The fourth-order valence-electron chi connectivity index (χ4n) is 1.32. The Morgan fingerprint density at radius 1 is 1.32 bits per heavy atom. The lowest BCUT2D eigenvalue weighted by Gasteiger charge is -2.03. The van der Waals surface area contributed by atoms with E-state index < -0.39 is 0 Å². The molecule has 0 unspecified atom stereocenters. The number of phenolic OH excluding ortho intramolecular Hbond substituents is 1. The van der Waals surface area contributed by atoms with Crippen molar-refractivity contribution in [1.82, 2.24) is 10.2 Å². The first kappa shape index (κ1) is 13.1. The number of nitrogens with zero attached hydrogens (tertiary/aromatic N) is 3. The van der Waals surface area contributed by atoms with Crippen LogP contribution in [0.5, 0.6) is 11.5 Å². The van der Waals surface area contributed by atoms with Crippen molar-refractivity contribution in [2.75, 3.05) is 12.5 Å². The van der Waals surface area contributed by atoms with E-state index in [9.17, 15) is 5.11 Å². The Labute approximate surface area is 114 Å². The van der Waals surface area contributed by atoms with Crippen LogP contribution in [0.15, 0.2) is 35.4 Å². The van der Waals surface area contributed by atoms with Crippen LogP contribution in [0.3, 0.4) is 0 Å². The number of hydrogen-bond acceptors (Lipinski definition) is 6. The maximum atomic E-state index is 9.45. The third-order valence-electron chi connectivity index (χ3n) is 2.23. The van der Waals surface area contributed by atoms with Gasteiger partial charge >= 0.3 is 0 Å². The molecule has 19 heavy (non-hydrogen) atoms. The number of nitrogens with one attached hydrogen (secondary N) is 1. The van der Waals surface area contributed by atoms with Crippen molar-refractivity contribution in [3.05, 3.63) is 41.0 Å². The van der Waals surface area contributed by atoms with Crippen molar-refractivity contribution < 1.29 is 9.84 Å². The highest BCUT2D eigenvalue weighted by Gasteiger charge is 2.00. The number of methoxy groups -OCH3 is 1. The first-order chi connectivity index (χ1) is 9.19. The van der Waals surface area contributed by atoms with Crippen molar-refractivity contribution in [3.63, 3.8) is 0 Å². The Bertz CT molecular complexity index is 587. The van der Waals surface area contributed by atoms with Crippen LogP contribution in [0.4, 0.5) is 5.82 Å². The van der Waals surface area contributed by atoms with Gasteiger partial charge in [-0.3, -0.25) is 5.43 Å². The largest absolute Gasteiger partial charge is 0.504 e. The van der Waals surface area contributed by atoms with Crippen LogP contribution < -0.4 is 10.2 Å². The Morgan fingerprint density at radius 3 is 2.84 bits per heavy atom. The molecule has 1 aromatic carbocycles. The predicted octanol–water partition coefficient (Wildman–Crippen LogP) is 2.29. The molecule has 2 aromatic rings. The van der Waals surface area contributed by atoms with E-state index in [1.807, 2.05) is 0 Å². The molecule has 0 radical (unpaired) electrons. The smallest absolute Gasteiger partial charge is 0.168 e. The first-order valence-electron chi connectivity index (χ1n) is 5.34. The topological polar surface area (TPSA) is 79.6 Å². The highest BCUT2D eigenvalue weighted by molar-refractivity contribution is 6.29. The minimum atomic E-state index is 0.0798. The van der Waals surface area contributed by atoms with E-state index in [0.29, 0.717) is 16.7 Å². The zero-order chi connectivity index (χ0) is 13.7. The molecular formula is C12H11ClN4O2. The summed E-state index contributed by atoms with van der Waals surface area (Å²) in [5.74, 6) is 0.942. The number of benzene rings is 1. The fourth-order valence-corrected chi connectivity index (χ4v) is 1.42. The summed E-state index contributed by atoms with van der Waals surface area (Å²) >= 11 is 5.61. The Hall–Kier alpha value is -2.34. The molecule has 1 aromatic heterocycles. The van der Waals surface area contributed by atoms with Crippen LogP contribution in [0, 0.1) is 0 Å². The van der Waals surface area contributed by atoms with Gasteiger partial charge in [0.05, 0.1) is 13.3 Å². The summed E-state index contributed by atoms with van der Waals surface area (Å²) in [6.45, 7) is 0. The lowest BCUT2D eigenvalue weighted by Crippen LogP contribution is -1.95. The summed E-state index contributed by atoms with van der Waals surface area (Å²) in [6.07, 6.45) is 1.57. The number of aromatic nitrogens is 2. The molecule has 1 heterocycles. The van der Waals surface area contributed by atoms with Crippen molar-refractivity contribution in [2.45, 2.75) is 0 Å². The predicted molar refractivity (Wildman–Crippen MR) is 72.9 cm³/mol. The fraction of sp³-hybridized carbons (Fsp3) is 0.0833. The minimum Gasteiger partial charge on any atom is -0.504 e. The van der Waals surface area contributed by atoms with Crippen LogP contribution in [0.1, 0.15) is 5.56 Å². The maximum absolute atomic E-state index is 9.45. The third-order valence-corrected chi connectivity index (χ3v) is 2.43. The van der Waals surface area contributed by atoms with Gasteiger partial charge in [-0.25, -0.2) is 0 Å². The molecule has 0 aliphatic heterocycles. The number of halogens is 1. The number of aromatic hydroxyl groups is 1. The molecule has 2 rings (SSSR count). The van der Waals surface area contributed by atoms with Crippen LogP contribution in [0.25, 0.3) is 0 Å². The Kier molecular flexibility index (Phi) is 4.15. The lowest BCUT2D eigenvalue weighted by molar-refractivity contribution is 0.373. The molecular weight excluding hydrogens is 268 g/mol. The van der Waals surface area contributed by atoms with Gasteiger partial charge in [0.2, 0.25) is 0 Å². The number of anilines is 1. The second kappa shape index (κ2) is 6.01. The molecule has 0 amide bonds. The van der Waals surface area contributed by atoms with Crippen molar-refractivity contribution in [2.24, 2.45) is 5.10 Å². The van der Waals surface area contributed by atoms with Gasteiger partial charge in [0.1, 0.15) is 0 Å². The number of phenols is 1. The monoisotopic (exact) mass is 278 g/mol. The summed E-state index contributed by atoms with van der Waals surface area (Å²) < 4.78 is 4.99. The molecule has 0 fully saturated rings. The lowest BCUT2D eigenvalue weighted by atomic mass is 10.2. The molecule has 0 aliphatic carbocycles. The van der Waals surface area contributed by atoms with Gasteiger partial charge < -0.3 is 9.84 Å². The molecule has 7 heteroatoms. The maximum Gasteiger partial charge on any atom is 0.168 e. The second-order valence-electron chi connectivity index (χ2n) is 3.54. The number of rotatable bonds is 4. The molecule has 0 atom stereocenters. The van der Waals surface area contributed by atoms with Gasteiger partial charge in [-0.05, 0) is 35.9 Å². The molecule has 0 aliphatic rings. The first-order valence-corrected chi connectivity index (χ1v) is 5.72. The molecule has 98 valence electrons. The van der Waals surface area contributed by atoms with Gasteiger partial charge in [-0.15, -0.1) is 10.2 Å². The molecule has 6 nitrogen and oxygen atoms in total. The Morgan fingerprint density at radius 2 is 2.16 bits per heavy atom. The Balaban J connectivity index is 2.04. The summed E-state index contributed by atoms with van der Waals surface area (Å²) in [5.41, 5.74) is 3.47. The van der Waals surface area contributed by atoms with E-state index in [1.165, 1.54) is 13.2 Å². The number of hydrazone groups is 1. The van der Waals surface area contributed by atoms with Crippen LogP contribution in [-0.4, -0.2) is 28.6 Å². The summed E-state index contributed by atoms with van der Waals surface area (Å²) in [5, 5.41) is 21.2. The quantitative estimate of drug-likeness (QED) is 0.662. The average Bonchev–Trinajstić information content (AvgIpc) is 2.43. The zero-order valence-electron chi connectivity index (χ0n) is 10.0. The summed E-state index contributed by atoms with van der Waals surface area (Å²) in [6, 6.07) is 8.16. The highest BCUT2D eigenvalue weighted by Crippen LogP contribution is 2.25. The second-order valence-corrected chi connectivity index (χ2v) is 3.93. The minimum absolute atomic E-state index is 0.0798. The standard InChI is InChI=1S/C12H11ClN4O2/c1-19-10-6-8(2-3-9(10)18)7-14-16-12-5-4-11(13)15-17-12/h2-7,18H,1H3,(H,16,17)/b14-7+. The number of hydrogen-bond donors (Lipinski definition) is 2. The van der Waals surface area contributed by atoms with Crippen molar-refractivity contribution in [1.29, 1.82) is 0 Å². The molecule has 0 saturated carbocycles. The summed E-state index contributed by atoms with van der Waals surface area (Å²) in [7, 11) is 1.48. The van der Waals surface area contributed by atoms with Crippen LogP contribution in [-0.2, 0) is 0 Å². The molecule has 0 bridgehead atoms. The molecule has 2 N–H and O–H groups in total. The van der Waals surface area contributed by atoms with E-state index in [-0.39, 0.29) is 5.75 Å². The van der Waals surface area contributed by atoms with Crippen molar-refractivity contribution in [3.8, 4) is 11.5 Å². The highest BCUT2D eigenvalue weighted by atomic mass is 35.5. The van der Waals surface area contributed by atoms with E-state index >= 15 is 0 Å². The van der Waals surface area contributed by atoms with E-state index in [2.05, 4.69) is 20.7 Å². The molecule has 0 spiro atoms. The average molecular weight is 279 g/mol. The van der Waals surface area contributed by atoms with Gasteiger partial charge in [-0.2, -0.15) is 5.10 Å². The van der Waals surface area contributed by atoms with E-state index in [1.54, 1.807) is 30.5 Å². The van der Waals surface area contributed by atoms with Gasteiger partial charge in [0.25, 0.3) is 0 Å². The van der Waals surface area contributed by atoms with E-state index in [4.69, 9.17) is 16.3 Å². The number of ether oxygens (including phenoxy) is 1. The third kappa shape index (κ3) is 3.56. The van der Waals surface area contributed by atoms with Crippen LogP contribution in [0.2, 0.25) is 5.15 Å². The van der Waals surface area contributed by atoms with Gasteiger partial charge in [-0.1, -0.05) is 11.6 Å². The normalized spacial score (nSPS) is 10.6. The molecule has 0 saturated heterocycles.